The van der Waals surface area contributed by atoms with Crippen molar-refractivity contribution in [2.24, 2.45) is 4.99 Å². The van der Waals surface area contributed by atoms with Gasteiger partial charge in [0.1, 0.15) is 10.2 Å². The van der Waals surface area contributed by atoms with E-state index in [0.717, 1.165) is 14.9 Å². The normalized spacial score (nSPS) is 18.2. The van der Waals surface area contributed by atoms with Crippen molar-refractivity contribution in [1.82, 2.24) is 4.98 Å². The number of aliphatic imine (C=N–C) groups is 1. The van der Waals surface area contributed by atoms with Gasteiger partial charge in [0.05, 0.1) is 11.1 Å². The summed E-state index contributed by atoms with van der Waals surface area (Å²) in [4.78, 5) is 19.6. The predicted octanol–water partition coefficient (Wildman–Crippen LogP) is 4.01. The molecule has 98 valence electrons. The number of carbonyl (C=O) groups excluding carboxylic acids is 1. The number of nitrogens with zero attached hydrogens (tertiary/aromatic N) is 1. The summed E-state index contributed by atoms with van der Waals surface area (Å²) in [6.45, 7) is 1.63. The van der Waals surface area contributed by atoms with Gasteiger partial charge in [0, 0.05) is 22.9 Å². The zero-order valence-electron chi connectivity index (χ0n) is 10.8. The third-order valence-electron chi connectivity index (χ3n) is 3.15. The number of hydrogen-bond donors (Lipinski definition) is 1. The Morgan fingerprint density at radius 1 is 1.47 bits per heavy atom. The lowest BCUT2D eigenvalue weighted by Gasteiger charge is -2.19. The zero-order valence-corrected chi connectivity index (χ0v) is 12.4. The molecule has 1 N–H and O–H groups in total. The fourth-order valence-electron chi connectivity index (χ4n) is 2.37. The maximum Gasteiger partial charge on any atom is 0.132 e. The smallest absolute Gasteiger partial charge is 0.132 e. The van der Waals surface area contributed by atoms with E-state index < -0.39 is 0 Å². The van der Waals surface area contributed by atoms with Gasteiger partial charge in [0.15, 0.2) is 0 Å². The number of aromatic amines is 1. The Bertz CT molecular complexity index is 675. The largest absolute Gasteiger partial charge is 0.349 e. The van der Waals surface area contributed by atoms with Gasteiger partial charge in [-0.25, -0.2) is 0 Å². The fraction of sp³-hybridized carbons (Fsp3) is 0.286. The molecule has 1 atom stereocenters. The molecule has 0 saturated carbocycles. The van der Waals surface area contributed by atoms with Crippen LogP contribution in [0.1, 0.15) is 24.9 Å². The molecule has 1 aliphatic rings. The van der Waals surface area contributed by atoms with Crippen molar-refractivity contribution < 1.29 is 4.79 Å². The van der Waals surface area contributed by atoms with Crippen LogP contribution in [0.2, 0.25) is 0 Å². The minimum atomic E-state index is -0.0488. The van der Waals surface area contributed by atoms with Crippen molar-refractivity contribution in [3.63, 3.8) is 0 Å². The maximum atomic E-state index is 11.5. The first-order chi connectivity index (χ1) is 9.19. The average Bonchev–Trinajstić information content (AvgIpc) is 2.76. The van der Waals surface area contributed by atoms with Crippen LogP contribution in [0.25, 0.3) is 10.9 Å². The van der Waals surface area contributed by atoms with Crippen molar-refractivity contribution in [3.8, 4) is 0 Å². The van der Waals surface area contributed by atoms with E-state index >= 15 is 0 Å². The molecular formula is C14H14N2OS2. The molecule has 0 saturated heterocycles. The molecule has 2 aromatic rings. The molecule has 1 unspecified atom stereocenters. The number of Topliss-reactive ketones (excluding diaryl/α,β-unsaturated/α-hetero) is 1. The van der Waals surface area contributed by atoms with Crippen LogP contribution in [0.4, 0.5) is 0 Å². The van der Waals surface area contributed by atoms with Crippen LogP contribution in [0.5, 0.6) is 0 Å². The Morgan fingerprint density at radius 3 is 3.00 bits per heavy atom. The monoisotopic (exact) mass is 290 g/mol. The van der Waals surface area contributed by atoms with Crippen molar-refractivity contribution >= 4 is 44.6 Å². The zero-order chi connectivity index (χ0) is 13.4. The molecule has 5 heteroatoms. The Labute approximate surface area is 120 Å². The Morgan fingerprint density at radius 2 is 2.26 bits per heavy atom. The second-order valence-electron chi connectivity index (χ2n) is 4.54. The van der Waals surface area contributed by atoms with E-state index in [1.54, 1.807) is 30.4 Å². The number of aromatic nitrogens is 1. The molecule has 3 nitrogen and oxygen atoms in total. The third kappa shape index (κ3) is 2.32. The van der Waals surface area contributed by atoms with Gasteiger partial charge < -0.3 is 4.98 Å². The van der Waals surface area contributed by atoms with E-state index in [4.69, 9.17) is 4.99 Å². The van der Waals surface area contributed by atoms with Gasteiger partial charge in [-0.2, -0.15) is 0 Å². The lowest BCUT2D eigenvalue weighted by molar-refractivity contribution is -0.117. The van der Waals surface area contributed by atoms with Crippen LogP contribution in [0.3, 0.4) is 0 Å². The van der Waals surface area contributed by atoms with Crippen molar-refractivity contribution in [2.75, 3.05) is 6.26 Å². The van der Waals surface area contributed by atoms with E-state index in [-0.39, 0.29) is 11.8 Å². The predicted molar refractivity (Wildman–Crippen MR) is 83.1 cm³/mol. The van der Waals surface area contributed by atoms with E-state index in [1.165, 1.54) is 10.9 Å². The topological polar surface area (TPSA) is 45.2 Å². The molecule has 0 radical (unpaired) electrons. The lowest BCUT2D eigenvalue weighted by atomic mass is 10.0. The summed E-state index contributed by atoms with van der Waals surface area (Å²) in [6, 6.07) is 8.16. The lowest BCUT2D eigenvalue weighted by Crippen LogP contribution is -2.08. The van der Waals surface area contributed by atoms with E-state index in [0.29, 0.717) is 6.42 Å². The number of nitrogens with one attached hydrogen (secondary N) is 1. The summed E-state index contributed by atoms with van der Waals surface area (Å²) < 4.78 is 1.02. The van der Waals surface area contributed by atoms with Gasteiger partial charge >= 0.3 is 0 Å². The van der Waals surface area contributed by atoms with Gasteiger partial charge in [-0.1, -0.05) is 18.2 Å². The number of rotatable bonds is 2. The molecule has 1 aromatic carbocycles. The summed E-state index contributed by atoms with van der Waals surface area (Å²) in [5.74, 6) is 0.178. The molecule has 0 bridgehead atoms. The number of fused-ring (bicyclic) bond motifs is 3. The molecule has 1 aromatic heterocycles. The number of benzene rings is 1. The molecule has 2 heterocycles. The van der Waals surface area contributed by atoms with Gasteiger partial charge in [-0.3, -0.25) is 9.79 Å². The molecule has 0 spiro atoms. The minimum absolute atomic E-state index is 0.0488. The maximum absolute atomic E-state index is 11.5. The highest BCUT2D eigenvalue weighted by Crippen LogP contribution is 2.43. The molecule has 19 heavy (non-hydrogen) atoms. The summed E-state index contributed by atoms with van der Waals surface area (Å²) in [7, 11) is 0. The molecule has 0 aliphatic carbocycles. The standard InChI is InChI=1S/C14H14N2OS2/c1-8(17)7-11-12-9-5-3-4-6-10(9)15-13(12)19-14(16-11)18-2/h3-6,11,15H,7H2,1-2H3. The number of hydrogen-bond acceptors (Lipinski definition) is 4. The molecular weight excluding hydrogens is 276 g/mol. The Hall–Kier alpha value is -1.20. The van der Waals surface area contributed by atoms with Gasteiger partial charge in [-0.15, -0.1) is 11.8 Å². The highest BCUT2D eigenvalue weighted by molar-refractivity contribution is 8.38. The summed E-state index contributed by atoms with van der Waals surface area (Å²) in [5.41, 5.74) is 2.29. The Balaban J connectivity index is 2.15. The van der Waals surface area contributed by atoms with Crippen molar-refractivity contribution in [2.45, 2.75) is 24.4 Å². The van der Waals surface area contributed by atoms with Crippen LogP contribution in [0.15, 0.2) is 34.3 Å². The number of ketones is 1. The van der Waals surface area contributed by atoms with Crippen LogP contribution in [-0.4, -0.2) is 21.4 Å². The van der Waals surface area contributed by atoms with E-state index in [1.807, 2.05) is 18.4 Å². The minimum Gasteiger partial charge on any atom is -0.349 e. The van der Waals surface area contributed by atoms with Gasteiger partial charge in [0.2, 0.25) is 0 Å². The molecule has 3 rings (SSSR count). The summed E-state index contributed by atoms with van der Waals surface area (Å²) in [5, 5.41) is 2.31. The first-order valence-electron chi connectivity index (χ1n) is 6.08. The third-order valence-corrected chi connectivity index (χ3v) is 5.16. The van der Waals surface area contributed by atoms with Crippen LogP contribution in [-0.2, 0) is 4.79 Å². The quantitative estimate of drug-likeness (QED) is 0.908. The second kappa shape index (κ2) is 5.06. The molecule has 0 amide bonds. The van der Waals surface area contributed by atoms with E-state index in [2.05, 4.69) is 17.1 Å². The van der Waals surface area contributed by atoms with Gasteiger partial charge in [-0.05, 0) is 31.0 Å². The van der Waals surface area contributed by atoms with Gasteiger partial charge in [0.25, 0.3) is 0 Å². The van der Waals surface area contributed by atoms with Crippen LogP contribution in [0, 0.1) is 0 Å². The van der Waals surface area contributed by atoms with Crippen LogP contribution >= 0.6 is 23.5 Å². The van der Waals surface area contributed by atoms with Crippen molar-refractivity contribution in [3.05, 3.63) is 29.8 Å². The second-order valence-corrected chi connectivity index (χ2v) is 6.59. The number of H-pyrrole nitrogens is 1. The van der Waals surface area contributed by atoms with E-state index in [9.17, 15) is 4.79 Å². The SMILES string of the molecule is CSC1=NC(CC(C)=O)c2c([nH]c3ccccc23)S1. The molecule has 0 fully saturated rings. The highest BCUT2D eigenvalue weighted by Gasteiger charge is 2.27. The summed E-state index contributed by atoms with van der Waals surface area (Å²) in [6.07, 6.45) is 2.49. The Kier molecular flexibility index (Phi) is 3.41. The fourth-order valence-corrected chi connectivity index (χ4v) is 4.06. The van der Waals surface area contributed by atoms with Crippen molar-refractivity contribution in [1.29, 1.82) is 0 Å². The first kappa shape index (κ1) is 12.8. The first-order valence-corrected chi connectivity index (χ1v) is 8.13. The molecule has 1 aliphatic heterocycles. The number of thioether (sulfide) groups is 2. The van der Waals surface area contributed by atoms with Crippen LogP contribution < -0.4 is 0 Å². The summed E-state index contributed by atoms with van der Waals surface area (Å²) >= 11 is 3.29. The highest BCUT2D eigenvalue weighted by atomic mass is 32.2. The average molecular weight is 290 g/mol. The number of para-hydroxylation sites is 1. The number of carbonyl (C=O) groups is 1.